The molecule has 1 atom stereocenters. The zero-order chi connectivity index (χ0) is 23.7. The van der Waals surface area contributed by atoms with Gasteiger partial charge in [-0.1, -0.05) is 19.3 Å². The summed E-state index contributed by atoms with van der Waals surface area (Å²) in [5.74, 6) is -0.927. The van der Waals surface area contributed by atoms with E-state index in [4.69, 9.17) is 4.74 Å². The molecule has 1 saturated carbocycles. The number of aromatic amines is 1. The van der Waals surface area contributed by atoms with Crippen molar-refractivity contribution < 1.29 is 19.1 Å². The van der Waals surface area contributed by atoms with Crippen LogP contribution in [0.5, 0.6) is 0 Å². The normalized spacial score (nSPS) is 16.7. The minimum absolute atomic E-state index is 0.0218. The first-order valence-electron chi connectivity index (χ1n) is 11.6. The standard InChI is InChI=1S/C23H26N6O4S/c1-12(20(30)28-19-17-18(25-10-24-17)26-11-27-19)33-23(32)16-14-8-5-9-15(14)34-22(16)29-21(31)13-6-3-2-4-7-13/h10-13H,2-9H2,1H3,(H,29,31)(H2,24,25,26,27,28,30)/t12-/m0/s1. The van der Waals surface area contributed by atoms with Crippen molar-refractivity contribution in [3.8, 4) is 0 Å². The summed E-state index contributed by atoms with van der Waals surface area (Å²) in [6.45, 7) is 1.51. The number of aromatic nitrogens is 4. The number of amides is 2. The highest BCUT2D eigenvalue weighted by Gasteiger charge is 2.32. The van der Waals surface area contributed by atoms with Crippen LogP contribution in [0.25, 0.3) is 11.2 Å². The molecule has 11 heteroatoms. The molecule has 2 aliphatic carbocycles. The van der Waals surface area contributed by atoms with E-state index in [0.29, 0.717) is 21.7 Å². The van der Waals surface area contributed by atoms with Gasteiger partial charge in [-0.05, 0) is 44.6 Å². The van der Waals surface area contributed by atoms with Crippen molar-refractivity contribution >= 4 is 51.1 Å². The summed E-state index contributed by atoms with van der Waals surface area (Å²) in [5, 5.41) is 6.19. The third-order valence-corrected chi connectivity index (χ3v) is 7.66. The number of aryl methyl sites for hydroxylation is 1. The number of fused-ring (bicyclic) bond motifs is 2. The van der Waals surface area contributed by atoms with Crippen LogP contribution in [-0.2, 0) is 27.2 Å². The summed E-state index contributed by atoms with van der Waals surface area (Å²) >= 11 is 1.45. The predicted octanol–water partition coefficient (Wildman–Crippen LogP) is 3.61. The molecule has 1 fully saturated rings. The molecular formula is C23H26N6O4S. The number of nitrogens with zero attached hydrogens (tertiary/aromatic N) is 3. The van der Waals surface area contributed by atoms with Crippen molar-refractivity contribution in [2.45, 2.75) is 64.4 Å². The molecule has 34 heavy (non-hydrogen) atoms. The van der Waals surface area contributed by atoms with Crippen LogP contribution in [0, 0.1) is 5.92 Å². The number of rotatable bonds is 6. The predicted molar refractivity (Wildman–Crippen MR) is 127 cm³/mol. The summed E-state index contributed by atoms with van der Waals surface area (Å²) in [4.78, 5) is 54.9. The molecule has 3 N–H and O–H groups in total. The van der Waals surface area contributed by atoms with Gasteiger partial charge in [0.25, 0.3) is 5.91 Å². The molecule has 0 unspecified atom stereocenters. The van der Waals surface area contributed by atoms with Crippen molar-refractivity contribution in [1.82, 2.24) is 19.9 Å². The van der Waals surface area contributed by atoms with Gasteiger partial charge in [-0.3, -0.25) is 9.59 Å². The van der Waals surface area contributed by atoms with Crippen LogP contribution in [-0.4, -0.2) is 43.8 Å². The number of anilines is 2. The van der Waals surface area contributed by atoms with E-state index >= 15 is 0 Å². The van der Waals surface area contributed by atoms with E-state index in [1.807, 2.05) is 0 Å². The molecule has 5 rings (SSSR count). The van der Waals surface area contributed by atoms with Crippen molar-refractivity contribution in [3.63, 3.8) is 0 Å². The molecule has 0 aliphatic heterocycles. The first-order chi connectivity index (χ1) is 16.5. The lowest BCUT2D eigenvalue weighted by atomic mass is 9.89. The van der Waals surface area contributed by atoms with Gasteiger partial charge < -0.3 is 20.4 Å². The van der Waals surface area contributed by atoms with E-state index in [1.165, 1.54) is 30.9 Å². The molecule has 178 valence electrons. The van der Waals surface area contributed by atoms with Crippen molar-refractivity contribution in [3.05, 3.63) is 28.7 Å². The minimum atomic E-state index is -1.07. The number of carbonyl (C=O) groups is 3. The second-order valence-corrected chi connectivity index (χ2v) is 9.85. The van der Waals surface area contributed by atoms with E-state index in [9.17, 15) is 14.4 Å². The number of thiophene rings is 1. The van der Waals surface area contributed by atoms with Gasteiger partial charge in [0.15, 0.2) is 17.6 Å². The molecule has 0 aromatic carbocycles. The highest BCUT2D eigenvalue weighted by molar-refractivity contribution is 7.17. The summed E-state index contributed by atoms with van der Waals surface area (Å²) in [5.41, 5.74) is 2.22. The molecule has 0 radical (unpaired) electrons. The second kappa shape index (κ2) is 9.49. The number of imidazole rings is 1. The maximum Gasteiger partial charge on any atom is 0.342 e. The fourth-order valence-electron chi connectivity index (χ4n) is 4.64. The largest absolute Gasteiger partial charge is 0.449 e. The first kappa shape index (κ1) is 22.5. The van der Waals surface area contributed by atoms with Crippen LogP contribution < -0.4 is 10.6 Å². The van der Waals surface area contributed by atoms with E-state index < -0.39 is 18.0 Å². The van der Waals surface area contributed by atoms with Gasteiger partial charge >= 0.3 is 5.97 Å². The van der Waals surface area contributed by atoms with Crippen LogP contribution in [0.2, 0.25) is 0 Å². The van der Waals surface area contributed by atoms with Crippen LogP contribution in [0.15, 0.2) is 12.7 Å². The lowest BCUT2D eigenvalue weighted by molar-refractivity contribution is -0.124. The minimum Gasteiger partial charge on any atom is -0.449 e. The summed E-state index contributed by atoms with van der Waals surface area (Å²) in [6, 6.07) is 0. The van der Waals surface area contributed by atoms with Gasteiger partial charge in [0, 0.05) is 10.8 Å². The van der Waals surface area contributed by atoms with Gasteiger partial charge in [-0.2, -0.15) is 0 Å². The number of carbonyl (C=O) groups excluding carboxylic acids is 3. The Hall–Kier alpha value is -3.34. The lowest BCUT2D eigenvalue weighted by Gasteiger charge is -2.21. The quantitative estimate of drug-likeness (QED) is 0.456. The van der Waals surface area contributed by atoms with Crippen LogP contribution >= 0.6 is 11.3 Å². The Morgan fingerprint density at radius 1 is 1.09 bits per heavy atom. The Bertz CT molecular complexity index is 1250. The molecule has 3 aromatic rings. The molecule has 0 spiro atoms. The number of nitrogens with one attached hydrogen (secondary N) is 3. The average molecular weight is 483 g/mol. The zero-order valence-electron chi connectivity index (χ0n) is 18.8. The lowest BCUT2D eigenvalue weighted by Crippen LogP contribution is -2.31. The first-order valence-corrected chi connectivity index (χ1v) is 12.4. The second-order valence-electron chi connectivity index (χ2n) is 8.75. The molecule has 3 heterocycles. The third-order valence-electron chi connectivity index (χ3n) is 6.46. The topological polar surface area (TPSA) is 139 Å². The maximum atomic E-state index is 13.2. The van der Waals surface area contributed by atoms with Gasteiger partial charge in [-0.15, -0.1) is 11.3 Å². The molecular weight excluding hydrogens is 456 g/mol. The Morgan fingerprint density at radius 3 is 2.74 bits per heavy atom. The van der Waals surface area contributed by atoms with Gasteiger partial charge in [0.2, 0.25) is 5.91 Å². The molecule has 3 aromatic heterocycles. The van der Waals surface area contributed by atoms with Gasteiger partial charge in [-0.25, -0.2) is 19.7 Å². The van der Waals surface area contributed by atoms with Crippen molar-refractivity contribution in [2.75, 3.05) is 10.6 Å². The fourth-order valence-corrected chi connectivity index (χ4v) is 5.92. The number of hydrogen-bond donors (Lipinski definition) is 3. The van der Waals surface area contributed by atoms with Crippen LogP contribution in [0.1, 0.15) is 66.2 Å². The maximum absolute atomic E-state index is 13.2. The van der Waals surface area contributed by atoms with E-state index in [2.05, 4.69) is 30.6 Å². The third kappa shape index (κ3) is 4.39. The zero-order valence-corrected chi connectivity index (χ0v) is 19.7. The van der Waals surface area contributed by atoms with Crippen LogP contribution in [0.3, 0.4) is 0 Å². The van der Waals surface area contributed by atoms with E-state index in [0.717, 1.165) is 61.8 Å². The monoisotopic (exact) mass is 482 g/mol. The van der Waals surface area contributed by atoms with Crippen molar-refractivity contribution in [1.29, 1.82) is 0 Å². The van der Waals surface area contributed by atoms with E-state index in [1.54, 1.807) is 0 Å². The Balaban J connectivity index is 1.30. The van der Waals surface area contributed by atoms with Crippen molar-refractivity contribution in [2.24, 2.45) is 5.92 Å². The number of ether oxygens (including phenoxy) is 1. The van der Waals surface area contributed by atoms with Crippen LogP contribution in [0.4, 0.5) is 10.8 Å². The van der Waals surface area contributed by atoms with Gasteiger partial charge in [0.1, 0.15) is 16.8 Å². The SMILES string of the molecule is C[C@H](OC(=O)c1c(NC(=O)C2CCCCC2)sc2c1CCC2)C(=O)Nc1ncnc2nc[nH]c12. The summed E-state index contributed by atoms with van der Waals surface area (Å²) in [6.07, 6.45) is 9.30. The molecule has 10 nitrogen and oxygen atoms in total. The molecule has 2 aliphatic rings. The Morgan fingerprint density at radius 2 is 1.91 bits per heavy atom. The highest BCUT2D eigenvalue weighted by Crippen LogP contribution is 2.40. The highest BCUT2D eigenvalue weighted by atomic mass is 32.1. The molecule has 2 amide bonds. The molecule has 0 bridgehead atoms. The number of hydrogen-bond acceptors (Lipinski definition) is 8. The van der Waals surface area contributed by atoms with Gasteiger partial charge in [0.05, 0.1) is 11.9 Å². The smallest absolute Gasteiger partial charge is 0.342 e. The summed E-state index contributed by atoms with van der Waals surface area (Å²) in [7, 11) is 0. The summed E-state index contributed by atoms with van der Waals surface area (Å²) < 4.78 is 5.55. The molecule has 0 saturated heterocycles. The Kier molecular flexibility index (Phi) is 6.27. The Labute approximate surface area is 199 Å². The van der Waals surface area contributed by atoms with E-state index in [-0.39, 0.29) is 17.6 Å². The number of H-pyrrole nitrogens is 1. The fraction of sp³-hybridized carbons (Fsp3) is 0.478. The average Bonchev–Trinajstić information content (AvgIpc) is 3.56. The number of esters is 1.